The van der Waals surface area contributed by atoms with Gasteiger partial charge in [0.1, 0.15) is 0 Å². The molecule has 1 aromatic heterocycles. The maximum absolute atomic E-state index is 12.5. The summed E-state index contributed by atoms with van der Waals surface area (Å²) in [5.74, 6) is 0.522. The van der Waals surface area contributed by atoms with E-state index in [0.717, 1.165) is 24.4 Å². The Morgan fingerprint density at radius 1 is 1.35 bits per heavy atom. The van der Waals surface area contributed by atoms with Gasteiger partial charge in [0, 0.05) is 30.2 Å². The van der Waals surface area contributed by atoms with E-state index in [-0.39, 0.29) is 11.9 Å². The molecule has 2 aromatic rings. The molecule has 1 N–H and O–H groups in total. The lowest BCUT2D eigenvalue weighted by atomic mass is 10.2. The minimum atomic E-state index is -0.434. The zero-order chi connectivity index (χ0) is 18.7. The molecule has 1 aliphatic rings. The van der Waals surface area contributed by atoms with Gasteiger partial charge in [-0.05, 0) is 37.6 Å². The Hall–Kier alpha value is -2.06. The Morgan fingerprint density at radius 2 is 2.08 bits per heavy atom. The van der Waals surface area contributed by atoms with Crippen molar-refractivity contribution in [1.82, 2.24) is 25.0 Å². The molecule has 3 amide bonds. The third-order valence-corrected chi connectivity index (χ3v) is 5.34. The number of aromatic nitrogens is 3. The summed E-state index contributed by atoms with van der Waals surface area (Å²) in [6.07, 6.45) is 0.906. The van der Waals surface area contributed by atoms with Crippen molar-refractivity contribution in [1.29, 1.82) is 0 Å². The summed E-state index contributed by atoms with van der Waals surface area (Å²) in [5.41, 5.74) is 0.917. The topological polar surface area (TPSA) is 80.1 Å². The third-order valence-electron chi connectivity index (χ3n) is 4.02. The first-order chi connectivity index (χ1) is 12.5. The van der Waals surface area contributed by atoms with Crippen molar-refractivity contribution in [2.45, 2.75) is 37.2 Å². The van der Waals surface area contributed by atoms with Crippen molar-refractivity contribution in [3.05, 3.63) is 29.3 Å². The highest BCUT2D eigenvalue weighted by Crippen LogP contribution is 2.28. The van der Waals surface area contributed by atoms with Crippen LogP contribution in [0.5, 0.6) is 0 Å². The van der Waals surface area contributed by atoms with Gasteiger partial charge in [-0.2, -0.15) is 0 Å². The fourth-order valence-corrected chi connectivity index (χ4v) is 3.79. The highest BCUT2D eigenvalue weighted by Gasteiger charge is 2.31. The fraction of sp³-hybridized carbons (Fsp3) is 0.412. The molecular weight excluding hydrogens is 374 g/mol. The molecule has 138 valence electrons. The van der Waals surface area contributed by atoms with Crippen LogP contribution < -0.4 is 5.32 Å². The van der Waals surface area contributed by atoms with Crippen LogP contribution in [0.3, 0.4) is 0 Å². The normalized spacial score (nSPS) is 15.2. The predicted octanol–water partition coefficient (Wildman–Crippen LogP) is 3.04. The number of rotatable bonds is 6. The van der Waals surface area contributed by atoms with E-state index < -0.39 is 5.25 Å². The van der Waals surface area contributed by atoms with E-state index in [2.05, 4.69) is 22.4 Å². The first kappa shape index (κ1) is 18.7. The summed E-state index contributed by atoms with van der Waals surface area (Å²) in [6.45, 7) is 5.49. The number of nitrogens with one attached hydrogen (secondary N) is 1. The lowest BCUT2D eigenvalue weighted by Gasteiger charge is -2.17. The molecule has 0 saturated carbocycles. The fourth-order valence-electron chi connectivity index (χ4n) is 2.72. The Labute approximate surface area is 161 Å². The number of hydrogen-bond donors (Lipinski definition) is 1. The average Bonchev–Trinajstić information content (AvgIpc) is 3.22. The van der Waals surface area contributed by atoms with Gasteiger partial charge in [-0.3, -0.25) is 9.69 Å². The smallest absolute Gasteiger partial charge is 0.324 e. The summed E-state index contributed by atoms with van der Waals surface area (Å²) >= 11 is 7.28. The van der Waals surface area contributed by atoms with E-state index in [1.807, 2.05) is 28.8 Å². The summed E-state index contributed by atoms with van der Waals surface area (Å²) in [5, 5.41) is 12.1. The highest BCUT2D eigenvalue weighted by molar-refractivity contribution is 8.00. The van der Waals surface area contributed by atoms with Crippen molar-refractivity contribution in [2.24, 2.45) is 0 Å². The lowest BCUT2D eigenvalue weighted by Crippen LogP contribution is -2.39. The van der Waals surface area contributed by atoms with Crippen LogP contribution in [-0.4, -0.2) is 49.9 Å². The van der Waals surface area contributed by atoms with E-state index in [1.165, 1.54) is 16.7 Å². The van der Waals surface area contributed by atoms with Crippen LogP contribution >= 0.6 is 23.4 Å². The molecule has 0 radical (unpaired) electrons. The molecule has 1 fully saturated rings. The third kappa shape index (κ3) is 3.86. The van der Waals surface area contributed by atoms with E-state index in [9.17, 15) is 9.59 Å². The molecule has 9 heteroatoms. The van der Waals surface area contributed by atoms with Crippen LogP contribution in [0, 0.1) is 0 Å². The summed E-state index contributed by atoms with van der Waals surface area (Å²) in [7, 11) is 0. The highest BCUT2D eigenvalue weighted by atomic mass is 35.5. The molecule has 0 aliphatic carbocycles. The largest absolute Gasteiger partial charge is 0.336 e. The van der Waals surface area contributed by atoms with Crippen LogP contribution in [0.25, 0.3) is 11.4 Å². The Bertz CT molecular complexity index is 808. The molecule has 7 nitrogen and oxygen atoms in total. The molecule has 1 aliphatic heterocycles. The van der Waals surface area contributed by atoms with Crippen LogP contribution in [0.1, 0.15) is 20.3 Å². The second kappa shape index (κ2) is 8.09. The number of halogens is 1. The number of carbonyl (C=O) groups is 2. The molecular formula is C17H20ClN5O2S. The summed E-state index contributed by atoms with van der Waals surface area (Å²) in [6, 6.07) is 7.09. The van der Waals surface area contributed by atoms with Crippen LogP contribution in [0.2, 0.25) is 5.02 Å². The van der Waals surface area contributed by atoms with Crippen LogP contribution in [-0.2, 0) is 11.3 Å². The standard InChI is InChI=1S/C17H20ClN5O2S/c1-3-9-22-14(12-4-6-13(18)7-5-12)20-21-17(22)26-11(2)15(24)23-10-8-19-16(23)25/h4-7,11H,3,8-10H2,1-2H3,(H,19,25)/t11-/m1/s1. The zero-order valence-electron chi connectivity index (χ0n) is 14.6. The second-order valence-corrected chi connectivity index (χ2v) is 7.69. The predicted molar refractivity (Wildman–Crippen MR) is 101 cm³/mol. The van der Waals surface area contributed by atoms with Gasteiger partial charge >= 0.3 is 6.03 Å². The summed E-state index contributed by atoms with van der Waals surface area (Å²) < 4.78 is 2.00. The minimum absolute atomic E-state index is 0.218. The number of imide groups is 1. The molecule has 0 bridgehead atoms. The maximum Gasteiger partial charge on any atom is 0.324 e. The number of nitrogens with zero attached hydrogens (tertiary/aromatic N) is 4. The zero-order valence-corrected chi connectivity index (χ0v) is 16.2. The number of urea groups is 1. The molecule has 2 heterocycles. The van der Waals surface area contributed by atoms with Crippen molar-refractivity contribution in [3.63, 3.8) is 0 Å². The van der Waals surface area contributed by atoms with Gasteiger partial charge in [0.05, 0.1) is 5.25 Å². The maximum atomic E-state index is 12.5. The molecule has 1 aromatic carbocycles. The number of carbonyl (C=O) groups excluding carboxylic acids is 2. The lowest BCUT2D eigenvalue weighted by molar-refractivity contribution is -0.126. The molecule has 0 unspecified atom stereocenters. The van der Waals surface area contributed by atoms with E-state index in [4.69, 9.17) is 11.6 Å². The molecule has 26 heavy (non-hydrogen) atoms. The molecule has 0 spiro atoms. The Balaban J connectivity index is 1.82. The van der Waals surface area contributed by atoms with Crippen molar-refractivity contribution >= 4 is 35.3 Å². The van der Waals surface area contributed by atoms with E-state index in [0.29, 0.717) is 23.3 Å². The number of hydrogen-bond acceptors (Lipinski definition) is 5. The molecule has 1 saturated heterocycles. The van der Waals surface area contributed by atoms with Crippen molar-refractivity contribution in [2.75, 3.05) is 13.1 Å². The SMILES string of the molecule is CCCn1c(S[C@H](C)C(=O)N2CCNC2=O)nnc1-c1ccc(Cl)cc1. The monoisotopic (exact) mass is 393 g/mol. The van der Waals surface area contributed by atoms with E-state index in [1.54, 1.807) is 6.92 Å². The Morgan fingerprint density at radius 3 is 2.69 bits per heavy atom. The van der Waals surface area contributed by atoms with E-state index >= 15 is 0 Å². The number of thioether (sulfide) groups is 1. The average molecular weight is 394 g/mol. The van der Waals surface area contributed by atoms with Gasteiger partial charge in [0.25, 0.3) is 0 Å². The van der Waals surface area contributed by atoms with Crippen molar-refractivity contribution in [3.8, 4) is 11.4 Å². The first-order valence-corrected chi connectivity index (χ1v) is 9.72. The van der Waals surface area contributed by atoms with Gasteiger partial charge in [-0.15, -0.1) is 10.2 Å². The van der Waals surface area contributed by atoms with Crippen LogP contribution in [0.15, 0.2) is 29.4 Å². The summed E-state index contributed by atoms with van der Waals surface area (Å²) in [4.78, 5) is 25.5. The Kier molecular flexibility index (Phi) is 5.83. The molecule has 1 atom stereocenters. The van der Waals surface area contributed by atoms with Gasteiger partial charge in [0.15, 0.2) is 11.0 Å². The van der Waals surface area contributed by atoms with Gasteiger partial charge in [-0.25, -0.2) is 4.79 Å². The molecule has 3 rings (SSSR count). The first-order valence-electron chi connectivity index (χ1n) is 8.46. The van der Waals surface area contributed by atoms with Gasteiger partial charge < -0.3 is 9.88 Å². The second-order valence-electron chi connectivity index (χ2n) is 5.95. The van der Waals surface area contributed by atoms with Gasteiger partial charge in [-0.1, -0.05) is 30.3 Å². The van der Waals surface area contributed by atoms with Gasteiger partial charge in [0.2, 0.25) is 5.91 Å². The van der Waals surface area contributed by atoms with Crippen LogP contribution in [0.4, 0.5) is 4.79 Å². The number of amides is 3. The quantitative estimate of drug-likeness (QED) is 0.763. The van der Waals surface area contributed by atoms with Crippen molar-refractivity contribution < 1.29 is 9.59 Å². The minimum Gasteiger partial charge on any atom is -0.336 e. The number of benzene rings is 1.